The molecular weight excluding hydrogens is 996 g/mol. The first-order valence-corrected chi connectivity index (χ1v) is 22.3. The number of carbonyl (C=O) groups is 4. The highest BCUT2D eigenvalue weighted by atomic mass is 35.5. The van der Waals surface area contributed by atoms with Gasteiger partial charge in [-0.2, -0.15) is 0 Å². The number of nitro benzene ring substituents is 4. The quantitative estimate of drug-likeness (QED) is 0.0365. The van der Waals surface area contributed by atoms with E-state index in [9.17, 15) is 64.7 Å². The Morgan fingerprint density at radius 3 is 1.41 bits per heavy atom. The predicted molar refractivity (Wildman–Crippen MR) is 256 cm³/mol. The van der Waals surface area contributed by atoms with Crippen LogP contribution in [0.1, 0.15) is 72.0 Å². The van der Waals surface area contributed by atoms with E-state index in [0.717, 1.165) is 104 Å². The van der Waals surface area contributed by atoms with Gasteiger partial charge in [-0.3, -0.25) is 40.5 Å². The van der Waals surface area contributed by atoms with Crippen molar-refractivity contribution in [1.82, 2.24) is 0 Å². The lowest BCUT2D eigenvalue weighted by molar-refractivity contribution is -0.385. The second-order valence-electron chi connectivity index (χ2n) is 16.5. The van der Waals surface area contributed by atoms with Crippen molar-refractivity contribution in [2.75, 3.05) is 13.2 Å². The van der Waals surface area contributed by atoms with Gasteiger partial charge in [-0.25, -0.2) is 19.2 Å². The molecule has 1 saturated heterocycles. The molecule has 1 fully saturated rings. The molecule has 0 aromatic heterocycles. The Balaban J connectivity index is 1.42. The molecule has 1 N–H and O–H groups in total. The maximum atomic E-state index is 14.4. The number of carbonyl (C=O) groups excluding carboxylic acids is 4. The van der Waals surface area contributed by atoms with Crippen LogP contribution in [0.15, 0.2) is 140 Å². The van der Waals surface area contributed by atoms with E-state index in [2.05, 4.69) is 0 Å². The number of hydrogen-bond acceptors (Lipinski definition) is 19. The monoisotopic (exact) mass is 1030 g/mol. The van der Waals surface area contributed by atoms with E-state index < -0.39 is 96.9 Å². The fourth-order valence-electron chi connectivity index (χ4n) is 7.75. The lowest BCUT2D eigenvalue weighted by Crippen LogP contribution is -2.71. The molecule has 1 heterocycles. The number of non-ortho nitro benzene ring substituents is 4. The van der Waals surface area contributed by atoms with Gasteiger partial charge in [0, 0.05) is 59.1 Å². The SMILES string of the molecule is CCOc1ccc(Cc2cc([C@]3(O)O[C@](C)(COC(=O)c4ccc([N+](=O)[O-])cc4)[C@@H](OC(=O)c4ccc([N+](=O)[O-])cc4)[C@H](OC(=O)c4ccc([N+](=O)[O-])cc4)[C@H]3OC(=O)c3ccc([N+](=O)[O-])cc3)ccc2Cl)cc1. The topological polar surface area (TPSA) is 316 Å². The minimum absolute atomic E-state index is 0.0978. The van der Waals surface area contributed by atoms with E-state index >= 15 is 0 Å². The summed E-state index contributed by atoms with van der Waals surface area (Å²) in [5.41, 5.74) is -4.58. The summed E-state index contributed by atoms with van der Waals surface area (Å²) in [4.78, 5) is 99.7. The molecule has 0 aliphatic carbocycles. The molecule has 6 aromatic carbocycles. The number of rotatable bonds is 18. The molecule has 1 aliphatic heterocycles. The number of ether oxygens (including phenoxy) is 6. The Labute approximate surface area is 422 Å². The van der Waals surface area contributed by atoms with E-state index in [1.54, 1.807) is 24.3 Å². The lowest BCUT2D eigenvalue weighted by Gasteiger charge is -2.53. The van der Waals surface area contributed by atoms with Crippen molar-refractivity contribution >= 4 is 58.2 Å². The Morgan fingerprint density at radius 1 is 0.581 bits per heavy atom. The molecule has 1 aliphatic rings. The summed E-state index contributed by atoms with van der Waals surface area (Å²) in [7, 11) is 0. The molecule has 6 aromatic rings. The third kappa shape index (κ3) is 11.8. The number of esters is 4. The summed E-state index contributed by atoms with van der Waals surface area (Å²) in [6, 6.07) is 27.1. The van der Waals surface area contributed by atoms with Crippen LogP contribution in [0.25, 0.3) is 0 Å². The molecular formula is C50H39ClN4O19. The molecule has 74 heavy (non-hydrogen) atoms. The third-order valence-electron chi connectivity index (χ3n) is 11.5. The van der Waals surface area contributed by atoms with Gasteiger partial charge in [0.05, 0.1) is 48.6 Å². The molecule has 0 radical (unpaired) electrons. The summed E-state index contributed by atoms with van der Waals surface area (Å²) in [6.45, 7) is 2.35. The molecule has 380 valence electrons. The number of hydrogen-bond donors (Lipinski definition) is 1. The first kappa shape index (κ1) is 52.6. The maximum Gasteiger partial charge on any atom is 0.338 e. The van der Waals surface area contributed by atoms with E-state index in [-0.39, 0.29) is 44.9 Å². The Hall–Kier alpha value is -9.19. The highest BCUT2D eigenvalue weighted by Gasteiger charge is 2.65. The number of nitro groups is 4. The van der Waals surface area contributed by atoms with Gasteiger partial charge in [-0.1, -0.05) is 29.8 Å². The van der Waals surface area contributed by atoms with Crippen molar-refractivity contribution in [3.63, 3.8) is 0 Å². The van der Waals surface area contributed by atoms with Crippen LogP contribution < -0.4 is 4.74 Å². The zero-order chi connectivity index (χ0) is 53.5. The smallest absolute Gasteiger partial charge is 0.338 e. The van der Waals surface area contributed by atoms with Crippen LogP contribution >= 0.6 is 11.6 Å². The fourth-order valence-corrected chi connectivity index (χ4v) is 7.93. The predicted octanol–water partition coefficient (Wildman–Crippen LogP) is 8.43. The molecule has 0 bridgehead atoms. The van der Waals surface area contributed by atoms with Gasteiger partial charge >= 0.3 is 23.9 Å². The van der Waals surface area contributed by atoms with Gasteiger partial charge < -0.3 is 33.5 Å². The van der Waals surface area contributed by atoms with Gasteiger partial charge in [-0.05, 0) is 104 Å². The van der Waals surface area contributed by atoms with Crippen molar-refractivity contribution in [1.29, 1.82) is 0 Å². The standard InChI is InChI=1S/C50H39ClN4O19/c1-3-69-40-23-4-29(5-24-40)26-34-27-35(14-25-41(34)51)50(60)44(73-48(59)33-12-21-39(22-13-33)55(67)68)42(71-46(57)31-8-17-37(18-9-31)53(63)64)43(72-47(58)32-10-19-38(20-11-32)54(65)66)49(2,74-50)28-70-45(56)30-6-15-36(16-7-30)52(61)62/h4-25,27,42-44,60H,3,26,28H2,1-2H3/t42-,43-,44+,49+,50-/m0/s1. The normalized spacial score (nSPS) is 19.0. The molecule has 5 atom stereocenters. The van der Waals surface area contributed by atoms with Gasteiger partial charge in [0.25, 0.3) is 22.7 Å². The van der Waals surface area contributed by atoms with Gasteiger partial charge in [-0.15, -0.1) is 0 Å². The largest absolute Gasteiger partial charge is 0.494 e. The highest BCUT2D eigenvalue weighted by Crippen LogP contribution is 2.47. The minimum atomic E-state index is -3.08. The lowest BCUT2D eigenvalue weighted by atomic mass is 9.81. The van der Waals surface area contributed by atoms with E-state index in [4.69, 9.17) is 40.0 Å². The number of aliphatic hydroxyl groups is 1. The van der Waals surface area contributed by atoms with Crippen LogP contribution in [0.4, 0.5) is 22.7 Å². The van der Waals surface area contributed by atoms with Crippen LogP contribution in [-0.2, 0) is 35.9 Å². The van der Waals surface area contributed by atoms with Crippen LogP contribution in [0, 0.1) is 40.5 Å². The van der Waals surface area contributed by atoms with Crippen LogP contribution in [-0.4, -0.2) is 85.8 Å². The van der Waals surface area contributed by atoms with Crippen molar-refractivity contribution in [3.05, 3.63) is 224 Å². The van der Waals surface area contributed by atoms with Gasteiger partial charge in [0.2, 0.25) is 11.9 Å². The Kier molecular flexibility index (Phi) is 15.7. The molecule has 0 amide bonds. The molecule has 0 saturated carbocycles. The second kappa shape index (κ2) is 22.1. The zero-order valence-corrected chi connectivity index (χ0v) is 39.4. The van der Waals surface area contributed by atoms with Crippen molar-refractivity contribution < 1.29 is 72.4 Å². The van der Waals surface area contributed by atoms with Crippen molar-refractivity contribution in [3.8, 4) is 5.75 Å². The van der Waals surface area contributed by atoms with Crippen LogP contribution in [0.2, 0.25) is 5.02 Å². The number of halogens is 1. The average Bonchev–Trinajstić information content (AvgIpc) is 3.39. The number of nitrogens with zero attached hydrogens (tertiary/aromatic N) is 4. The van der Waals surface area contributed by atoms with Gasteiger partial charge in [0.15, 0.2) is 12.2 Å². The summed E-state index contributed by atoms with van der Waals surface area (Å²) in [5.74, 6) is -7.57. The first-order chi connectivity index (χ1) is 35.2. The zero-order valence-electron chi connectivity index (χ0n) is 38.6. The fraction of sp³-hybridized carbons (Fsp3) is 0.200. The van der Waals surface area contributed by atoms with Crippen molar-refractivity contribution in [2.45, 2.75) is 50.0 Å². The van der Waals surface area contributed by atoms with Crippen molar-refractivity contribution in [2.24, 2.45) is 0 Å². The summed E-state index contributed by atoms with van der Waals surface area (Å²) >= 11 is 6.75. The highest BCUT2D eigenvalue weighted by molar-refractivity contribution is 6.31. The summed E-state index contributed by atoms with van der Waals surface area (Å²) in [5, 5.41) is 59.5. The Bertz CT molecular complexity index is 3140. The Morgan fingerprint density at radius 2 is 0.986 bits per heavy atom. The minimum Gasteiger partial charge on any atom is -0.494 e. The summed E-state index contributed by atoms with van der Waals surface area (Å²) in [6.07, 6.45) is -6.68. The maximum absolute atomic E-state index is 14.4. The molecule has 7 rings (SSSR count). The molecule has 0 unspecified atom stereocenters. The first-order valence-electron chi connectivity index (χ1n) is 21.9. The van der Waals surface area contributed by atoms with E-state index in [1.807, 2.05) is 6.92 Å². The van der Waals surface area contributed by atoms with Gasteiger partial charge in [0.1, 0.15) is 18.0 Å². The van der Waals surface area contributed by atoms with E-state index in [0.29, 0.717) is 23.5 Å². The number of benzene rings is 6. The second-order valence-corrected chi connectivity index (χ2v) is 16.9. The summed E-state index contributed by atoms with van der Waals surface area (Å²) < 4.78 is 35.9. The molecule has 23 nitrogen and oxygen atoms in total. The molecule has 24 heteroatoms. The van der Waals surface area contributed by atoms with E-state index in [1.165, 1.54) is 18.2 Å². The average molecular weight is 1040 g/mol. The third-order valence-corrected chi connectivity index (χ3v) is 11.9. The van der Waals surface area contributed by atoms with Crippen LogP contribution in [0.5, 0.6) is 5.75 Å². The van der Waals surface area contributed by atoms with Crippen LogP contribution in [0.3, 0.4) is 0 Å². The molecule has 0 spiro atoms.